The topological polar surface area (TPSA) is 0 Å². The molecule has 0 amide bonds. The number of hydrogen-bond acceptors (Lipinski definition) is 0. The summed E-state index contributed by atoms with van der Waals surface area (Å²) in [6.07, 6.45) is 0. The van der Waals surface area contributed by atoms with Crippen LogP contribution in [0, 0.1) is 0 Å². The Morgan fingerprint density at radius 3 is 1.20 bits per heavy atom. The van der Waals surface area contributed by atoms with Gasteiger partial charge in [-0.2, -0.15) is 0 Å². The second-order valence-corrected chi connectivity index (χ2v) is 0. The van der Waals surface area contributed by atoms with E-state index in [-0.39, 0.29) is 105 Å². The maximum atomic E-state index is 0. The van der Waals surface area contributed by atoms with Gasteiger partial charge in [0.1, 0.15) is 0 Å². The van der Waals surface area contributed by atoms with Crippen LogP contribution in [0.2, 0.25) is 0 Å². The molecule has 0 saturated heterocycles. The molecule has 5 heavy (non-hydrogen) atoms. The van der Waals surface area contributed by atoms with E-state index in [9.17, 15) is 0 Å². The molecule has 1 radical (unpaired) electrons. The van der Waals surface area contributed by atoms with E-state index in [2.05, 4.69) is 0 Å². The van der Waals surface area contributed by atoms with Crippen molar-refractivity contribution in [2.45, 2.75) is 0 Å². The molecular formula is H4AlNaNiTiV. The van der Waals surface area contributed by atoms with Crippen molar-refractivity contribution in [1.29, 1.82) is 0 Å². The molecule has 0 aromatic heterocycles. The molecule has 0 rings (SSSR count). The fourth-order valence-electron chi connectivity index (χ4n) is 0. The van der Waals surface area contributed by atoms with Crippen LogP contribution in [-0.4, -0.2) is 17.4 Å². The molecule has 27 valence electrons. The Labute approximate surface area is 103 Å². The van der Waals surface area contributed by atoms with Crippen LogP contribution in [0.5, 0.6) is 0 Å². The van der Waals surface area contributed by atoms with Gasteiger partial charge < -0.3 is 1.43 Å². The van der Waals surface area contributed by atoms with Gasteiger partial charge in [-0.25, -0.2) is 0 Å². The van der Waals surface area contributed by atoms with Gasteiger partial charge >= 0.3 is 29.6 Å². The Morgan fingerprint density at radius 1 is 1.20 bits per heavy atom. The third-order valence-electron chi connectivity index (χ3n) is 0. The molecule has 5 heteroatoms. The van der Waals surface area contributed by atoms with Gasteiger partial charge in [0.25, 0.3) is 0 Å². The summed E-state index contributed by atoms with van der Waals surface area (Å²) in [5.74, 6) is 0. The van der Waals surface area contributed by atoms with Crippen molar-refractivity contribution >= 4 is 17.4 Å². The Balaban J connectivity index is 0. The van der Waals surface area contributed by atoms with Crippen LogP contribution in [0.25, 0.3) is 0 Å². The van der Waals surface area contributed by atoms with Gasteiger partial charge in [0.2, 0.25) is 0 Å². The number of hydrogen-bond donors (Lipinski definition) is 0. The largest absolute Gasteiger partial charge is 1.00 e. The molecule has 0 fully saturated rings. The van der Waals surface area contributed by atoms with Gasteiger partial charge in [0.05, 0.1) is 0 Å². The van der Waals surface area contributed by atoms with Crippen molar-refractivity contribution in [2.75, 3.05) is 0 Å². The summed E-state index contributed by atoms with van der Waals surface area (Å²) in [5.41, 5.74) is 0. The minimum Gasteiger partial charge on any atom is -1.00 e. The smallest absolute Gasteiger partial charge is 1.00 e. The molecule has 0 unspecified atom stereocenters. The minimum absolute atomic E-state index is 0. The molecular weight excluding hydrogens is 207 g/mol. The van der Waals surface area contributed by atoms with E-state index in [0.29, 0.717) is 0 Å². The van der Waals surface area contributed by atoms with Crippen molar-refractivity contribution in [1.82, 2.24) is 0 Å². The van der Waals surface area contributed by atoms with E-state index in [1.165, 1.54) is 0 Å². The molecule has 0 aliphatic rings. The quantitative estimate of drug-likeness (QED) is 0.358. The summed E-state index contributed by atoms with van der Waals surface area (Å²) in [6.45, 7) is 0. The first-order chi connectivity index (χ1) is 0. The normalized spacial score (nSPS) is 0. The zero-order chi connectivity index (χ0) is 0. The maximum Gasteiger partial charge on any atom is 1.00 e. The van der Waals surface area contributed by atoms with Gasteiger partial charge in [0.15, 0.2) is 17.4 Å². The molecule has 0 bridgehead atoms. The van der Waals surface area contributed by atoms with Gasteiger partial charge in [-0.15, -0.1) is 0 Å². The first-order valence-electron chi connectivity index (χ1n) is 0. The second kappa shape index (κ2) is 26.5. The van der Waals surface area contributed by atoms with Gasteiger partial charge in [-0.1, -0.05) is 0 Å². The first kappa shape index (κ1) is 40.4. The summed E-state index contributed by atoms with van der Waals surface area (Å²) in [4.78, 5) is 0. The zero-order valence-corrected chi connectivity index (χ0v) is 8.21. The molecule has 0 heterocycles. The predicted molar refractivity (Wildman–Crippen MR) is 11.1 cm³/mol. The fourth-order valence-corrected chi connectivity index (χ4v) is 0. The van der Waals surface area contributed by atoms with Crippen molar-refractivity contribution in [3.63, 3.8) is 0 Å². The Hall–Kier alpha value is 3.32. The Kier molecular flexibility index (Phi) is 214. The molecule has 0 spiro atoms. The van der Waals surface area contributed by atoms with E-state index in [4.69, 9.17) is 0 Å². The molecule has 0 atom stereocenters. The predicted octanol–water partition coefficient (Wildman–Crippen LogP) is -4.07. The summed E-state index contributed by atoms with van der Waals surface area (Å²) in [6, 6.07) is 0. The van der Waals surface area contributed by atoms with Crippen molar-refractivity contribution < 1.29 is 87.7 Å². The van der Waals surface area contributed by atoms with E-state index >= 15 is 0 Å². The molecule has 0 N–H and O–H groups in total. The average molecular weight is 212 g/mol. The first-order valence-corrected chi connectivity index (χ1v) is 0. The SMILES string of the molecule is [AlH3].[H-].[Na+].[Ni].[Ti].[V]. The van der Waals surface area contributed by atoms with Gasteiger partial charge in [-0.3, -0.25) is 0 Å². The van der Waals surface area contributed by atoms with Gasteiger partial charge in [0, 0.05) is 56.8 Å². The summed E-state index contributed by atoms with van der Waals surface area (Å²) >= 11 is 0. The van der Waals surface area contributed by atoms with E-state index in [1.54, 1.807) is 0 Å². The van der Waals surface area contributed by atoms with Crippen LogP contribution in [-0.2, 0) is 56.8 Å². The molecule has 0 aliphatic carbocycles. The van der Waals surface area contributed by atoms with Crippen molar-refractivity contribution in [2.24, 2.45) is 0 Å². The summed E-state index contributed by atoms with van der Waals surface area (Å²) in [7, 11) is 0. The van der Waals surface area contributed by atoms with Crippen LogP contribution < -0.4 is 29.6 Å². The fraction of sp³-hybridized carbons (Fsp3) is 0. The van der Waals surface area contributed by atoms with Crippen LogP contribution in [0.15, 0.2) is 0 Å². The number of rotatable bonds is 0. The van der Waals surface area contributed by atoms with Gasteiger partial charge in [-0.05, 0) is 0 Å². The van der Waals surface area contributed by atoms with E-state index in [1.807, 2.05) is 0 Å². The Morgan fingerprint density at radius 2 is 1.20 bits per heavy atom. The van der Waals surface area contributed by atoms with Crippen LogP contribution in [0.4, 0.5) is 0 Å². The standard InChI is InChI=1S/Al.Na.Ni.Ti.V.4H/q;+1;;;;;;;-1. The zero-order valence-electron chi connectivity index (χ0n) is 3.26. The third kappa shape index (κ3) is 18.8. The molecule has 0 saturated carbocycles. The summed E-state index contributed by atoms with van der Waals surface area (Å²) < 4.78 is 0. The minimum atomic E-state index is 0. The van der Waals surface area contributed by atoms with Crippen LogP contribution in [0.3, 0.4) is 0 Å². The van der Waals surface area contributed by atoms with Crippen molar-refractivity contribution in [3.05, 3.63) is 0 Å². The van der Waals surface area contributed by atoms with Crippen molar-refractivity contribution in [3.8, 4) is 0 Å². The average Bonchev–Trinajstić information content (AvgIpc) is 0. The third-order valence-corrected chi connectivity index (χ3v) is 0. The van der Waals surface area contributed by atoms with Crippen LogP contribution in [0.1, 0.15) is 1.43 Å². The summed E-state index contributed by atoms with van der Waals surface area (Å²) in [5, 5.41) is 0. The Bertz CT molecular complexity index is 15.5. The van der Waals surface area contributed by atoms with E-state index in [0.717, 1.165) is 0 Å². The van der Waals surface area contributed by atoms with Crippen LogP contribution >= 0.6 is 0 Å². The second-order valence-electron chi connectivity index (χ2n) is 0. The molecule has 0 aromatic carbocycles. The molecule has 0 aromatic rings. The molecule has 0 nitrogen and oxygen atoms in total. The maximum absolute atomic E-state index is 0. The molecule has 0 aliphatic heterocycles. The monoisotopic (exact) mass is 211 g/mol. The van der Waals surface area contributed by atoms with E-state index < -0.39 is 0 Å².